The van der Waals surface area contributed by atoms with Gasteiger partial charge < -0.3 is 5.73 Å². The summed E-state index contributed by atoms with van der Waals surface area (Å²) < 4.78 is 1.04. The summed E-state index contributed by atoms with van der Waals surface area (Å²) in [5.41, 5.74) is 8.39. The molecule has 1 aromatic heterocycles. The maximum absolute atomic E-state index is 6.14. The van der Waals surface area contributed by atoms with Crippen LogP contribution in [0.15, 0.2) is 47.2 Å². The maximum Gasteiger partial charge on any atom is 0.0485 e. The molecule has 0 amide bonds. The molecule has 0 aliphatic carbocycles. The highest BCUT2D eigenvalue weighted by atomic mass is 79.9. The van der Waals surface area contributed by atoms with Crippen LogP contribution in [0.3, 0.4) is 0 Å². The second-order valence-corrected chi connectivity index (χ2v) is 6.13. The third kappa shape index (κ3) is 4.27. The molecule has 21 heavy (non-hydrogen) atoms. The van der Waals surface area contributed by atoms with E-state index < -0.39 is 0 Å². The monoisotopic (exact) mass is 367 g/mol. The minimum Gasteiger partial charge on any atom is -0.329 e. The molecule has 0 bridgehead atoms. The van der Waals surface area contributed by atoms with Gasteiger partial charge in [-0.1, -0.05) is 34.5 Å². The number of benzene rings is 1. The second-order valence-electron chi connectivity index (χ2n) is 4.84. The molecule has 3 nitrogen and oxygen atoms in total. The van der Waals surface area contributed by atoms with Crippen molar-refractivity contribution in [3.8, 4) is 0 Å². The summed E-state index contributed by atoms with van der Waals surface area (Å²) in [5.74, 6) is 0. The van der Waals surface area contributed by atoms with Crippen LogP contribution < -0.4 is 5.73 Å². The van der Waals surface area contributed by atoms with Crippen molar-refractivity contribution < 1.29 is 0 Å². The fraction of sp³-hybridized carbons (Fsp3) is 0.312. The average Bonchev–Trinajstić information content (AvgIpc) is 2.51. The predicted molar refractivity (Wildman–Crippen MR) is 91.3 cm³/mol. The first kappa shape index (κ1) is 16.4. The summed E-state index contributed by atoms with van der Waals surface area (Å²) in [6.45, 7) is 4.42. The normalized spacial score (nSPS) is 12.6. The molecule has 0 radical (unpaired) electrons. The van der Waals surface area contributed by atoms with Crippen LogP contribution in [0.4, 0.5) is 0 Å². The van der Waals surface area contributed by atoms with Gasteiger partial charge in [0.2, 0.25) is 0 Å². The van der Waals surface area contributed by atoms with Gasteiger partial charge in [0.1, 0.15) is 0 Å². The fourth-order valence-corrected chi connectivity index (χ4v) is 3.10. The summed E-state index contributed by atoms with van der Waals surface area (Å²) in [5, 5.41) is 0.728. The van der Waals surface area contributed by atoms with Gasteiger partial charge in [0.15, 0.2) is 0 Å². The topological polar surface area (TPSA) is 42.2 Å². The zero-order valence-corrected chi connectivity index (χ0v) is 14.3. The first-order valence-electron chi connectivity index (χ1n) is 6.93. The molecule has 1 atom stereocenters. The van der Waals surface area contributed by atoms with Gasteiger partial charge in [-0.3, -0.25) is 9.88 Å². The van der Waals surface area contributed by atoms with Crippen molar-refractivity contribution in [2.24, 2.45) is 5.73 Å². The molecule has 2 rings (SSSR count). The van der Waals surface area contributed by atoms with Gasteiger partial charge in [0.25, 0.3) is 0 Å². The molecule has 1 unspecified atom stereocenters. The lowest BCUT2D eigenvalue weighted by molar-refractivity contribution is 0.203. The van der Waals surface area contributed by atoms with Gasteiger partial charge in [-0.05, 0) is 48.0 Å². The van der Waals surface area contributed by atoms with Crippen molar-refractivity contribution in [3.05, 3.63) is 63.3 Å². The quantitative estimate of drug-likeness (QED) is 0.837. The molecular formula is C16H19BrClN3. The van der Waals surface area contributed by atoms with E-state index in [1.54, 1.807) is 0 Å². The van der Waals surface area contributed by atoms with Crippen molar-refractivity contribution >= 4 is 27.5 Å². The van der Waals surface area contributed by atoms with E-state index >= 15 is 0 Å². The first-order chi connectivity index (χ1) is 10.2. The van der Waals surface area contributed by atoms with E-state index in [-0.39, 0.29) is 6.04 Å². The van der Waals surface area contributed by atoms with E-state index in [1.165, 1.54) is 5.56 Å². The number of likely N-dealkylation sites (N-methyl/N-ethyl adjacent to an activating group) is 1. The molecule has 0 aliphatic rings. The van der Waals surface area contributed by atoms with Crippen molar-refractivity contribution in [1.82, 2.24) is 9.88 Å². The number of hydrogen-bond donors (Lipinski definition) is 1. The molecule has 0 spiro atoms. The Morgan fingerprint density at radius 1 is 1.29 bits per heavy atom. The molecule has 0 aliphatic heterocycles. The van der Waals surface area contributed by atoms with Crippen LogP contribution >= 0.6 is 27.5 Å². The van der Waals surface area contributed by atoms with E-state index in [4.69, 9.17) is 17.3 Å². The van der Waals surface area contributed by atoms with Gasteiger partial charge in [0.05, 0.1) is 0 Å². The van der Waals surface area contributed by atoms with Crippen LogP contribution in [-0.2, 0) is 6.54 Å². The summed E-state index contributed by atoms with van der Waals surface area (Å²) in [7, 11) is 0. The standard InChI is InChI=1S/C16H19BrClN3/c1-2-21(11-12-5-7-20-8-6-12)16(10-19)14-9-13(18)3-4-15(14)17/h3-9,16H,2,10-11,19H2,1H3. The Hall–Kier alpha value is -0.940. The molecule has 2 aromatic rings. The summed E-state index contributed by atoms with van der Waals surface area (Å²) >= 11 is 9.74. The first-order valence-corrected chi connectivity index (χ1v) is 8.10. The number of nitrogens with two attached hydrogens (primary N) is 1. The number of hydrogen-bond acceptors (Lipinski definition) is 3. The van der Waals surface area contributed by atoms with E-state index in [1.807, 2.05) is 42.7 Å². The maximum atomic E-state index is 6.14. The minimum absolute atomic E-state index is 0.122. The van der Waals surface area contributed by atoms with E-state index in [2.05, 4.69) is 32.7 Å². The van der Waals surface area contributed by atoms with Gasteiger partial charge in [-0.2, -0.15) is 0 Å². The van der Waals surface area contributed by atoms with E-state index in [9.17, 15) is 0 Å². The lowest BCUT2D eigenvalue weighted by Gasteiger charge is -2.31. The Bertz CT molecular complexity index is 577. The predicted octanol–water partition coefficient (Wildman–Crippen LogP) is 4.02. The Morgan fingerprint density at radius 3 is 2.62 bits per heavy atom. The lowest BCUT2D eigenvalue weighted by atomic mass is 10.0. The SMILES string of the molecule is CCN(Cc1ccncc1)C(CN)c1cc(Cl)ccc1Br. The summed E-state index contributed by atoms with van der Waals surface area (Å²) in [6.07, 6.45) is 3.63. The third-order valence-corrected chi connectivity index (χ3v) is 4.48. The molecular weight excluding hydrogens is 350 g/mol. The van der Waals surface area contributed by atoms with Crippen LogP contribution in [0.2, 0.25) is 5.02 Å². The van der Waals surface area contributed by atoms with Crippen LogP contribution in [-0.4, -0.2) is 23.0 Å². The van der Waals surface area contributed by atoms with Crippen LogP contribution in [0.5, 0.6) is 0 Å². The number of halogens is 2. The Balaban J connectivity index is 2.27. The average molecular weight is 369 g/mol. The number of pyridine rings is 1. The van der Waals surface area contributed by atoms with Gasteiger partial charge in [-0.15, -0.1) is 0 Å². The zero-order chi connectivity index (χ0) is 15.2. The third-order valence-electron chi connectivity index (χ3n) is 3.52. The number of nitrogens with zero attached hydrogens (tertiary/aromatic N) is 2. The van der Waals surface area contributed by atoms with Crippen molar-refractivity contribution in [2.75, 3.05) is 13.1 Å². The largest absolute Gasteiger partial charge is 0.329 e. The summed E-state index contributed by atoms with van der Waals surface area (Å²) in [6, 6.07) is 10.0. The molecule has 5 heteroatoms. The Kier molecular flexibility index (Phi) is 6.18. The smallest absolute Gasteiger partial charge is 0.0485 e. The molecule has 0 saturated heterocycles. The van der Waals surface area contributed by atoms with Gasteiger partial charge >= 0.3 is 0 Å². The highest BCUT2D eigenvalue weighted by Crippen LogP contribution is 2.30. The molecule has 2 N–H and O–H groups in total. The van der Waals surface area contributed by atoms with Crippen molar-refractivity contribution in [1.29, 1.82) is 0 Å². The van der Waals surface area contributed by atoms with Gasteiger partial charge in [0, 0.05) is 41.0 Å². The molecule has 1 heterocycles. The van der Waals surface area contributed by atoms with Gasteiger partial charge in [-0.25, -0.2) is 0 Å². The fourth-order valence-electron chi connectivity index (χ4n) is 2.41. The van der Waals surface area contributed by atoms with Crippen molar-refractivity contribution in [3.63, 3.8) is 0 Å². The number of rotatable bonds is 6. The van der Waals surface area contributed by atoms with Crippen LogP contribution in [0.25, 0.3) is 0 Å². The Labute approximate surface area is 139 Å². The summed E-state index contributed by atoms with van der Waals surface area (Å²) in [4.78, 5) is 6.40. The number of aromatic nitrogens is 1. The molecule has 1 aromatic carbocycles. The molecule has 112 valence electrons. The Morgan fingerprint density at radius 2 is 2.00 bits per heavy atom. The van der Waals surface area contributed by atoms with E-state index in [0.717, 1.165) is 28.1 Å². The van der Waals surface area contributed by atoms with Crippen LogP contribution in [0, 0.1) is 0 Å². The molecule has 0 saturated carbocycles. The van der Waals surface area contributed by atoms with Crippen molar-refractivity contribution in [2.45, 2.75) is 19.5 Å². The second kappa shape index (κ2) is 7.90. The zero-order valence-electron chi connectivity index (χ0n) is 12.0. The minimum atomic E-state index is 0.122. The van der Waals surface area contributed by atoms with E-state index in [0.29, 0.717) is 6.54 Å². The lowest BCUT2D eigenvalue weighted by Crippen LogP contribution is -2.33. The van der Waals surface area contributed by atoms with Crippen LogP contribution in [0.1, 0.15) is 24.1 Å². The highest BCUT2D eigenvalue weighted by Gasteiger charge is 2.20. The highest BCUT2D eigenvalue weighted by molar-refractivity contribution is 9.10. The molecule has 0 fully saturated rings.